The number of benzene rings is 1. The molecule has 1 amide bonds. The number of fused-ring (bicyclic) bond motifs is 1. The normalized spacial score (nSPS) is 22.6. The second-order valence-corrected chi connectivity index (χ2v) is 5.90. The van der Waals surface area contributed by atoms with Crippen LogP contribution < -0.4 is 9.47 Å². The molecule has 24 heavy (non-hydrogen) atoms. The van der Waals surface area contributed by atoms with Gasteiger partial charge in [-0.25, -0.2) is 4.98 Å². The van der Waals surface area contributed by atoms with Crippen molar-refractivity contribution < 1.29 is 19.0 Å². The predicted octanol–water partition coefficient (Wildman–Crippen LogP) is 1.78. The highest BCUT2D eigenvalue weighted by atomic mass is 16.6. The number of carbonyl (C=O) groups excluding carboxylic acids is 1. The van der Waals surface area contributed by atoms with E-state index in [0.29, 0.717) is 36.8 Å². The topological polar surface area (TPSA) is 76.7 Å². The van der Waals surface area contributed by atoms with E-state index in [4.69, 9.17) is 14.2 Å². The molecule has 1 aromatic carbocycles. The molecule has 7 nitrogen and oxygen atoms in total. The smallest absolute Gasteiger partial charge is 0.254 e. The van der Waals surface area contributed by atoms with Crippen molar-refractivity contribution in [1.29, 1.82) is 0 Å². The Labute approximate surface area is 139 Å². The summed E-state index contributed by atoms with van der Waals surface area (Å²) in [6, 6.07) is 5.18. The van der Waals surface area contributed by atoms with Gasteiger partial charge >= 0.3 is 0 Å². The fourth-order valence-electron chi connectivity index (χ4n) is 3.25. The summed E-state index contributed by atoms with van der Waals surface area (Å²) in [7, 11) is 1.67. The molecular weight excluding hydrogens is 310 g/mol. The third-order valence-electron chi connectivity index (χ3n) is 4.48. The molecule has 1 unspecified atom stereocenters. The Hall–Kier alpha value is -2.54. The zero-order valence-electron chi connectivity index (χ0n) is 13.4. The molecule has 0 bridgehead atoms. The average molecular weight is 329 g/mol. The van der Waals surface area contributed by atoms with E-state index in [-0.39, 0.29) is 18.1 Å². The van der Waals surface area contributed by atoms with E-state index in [1.165, 1.54) is 0 Å². The Morgan fingerprint density at radius 3 is 2.92 bits per heavy atom. The molecule has 0 radical (unpaired) electrons. The van der Waals surface area contributed by atoms with Gasteiger partial charge in [0, 0.05) is 38.0 Å². The van der Waals surface area contributed by atoms with E-state index in [0.717, 1.165) is 12.2 Å². The number of nitrogens with zero attached hydrogens (tertiary/aromatic N) is 2. The van der Waals surface area contributed by atoms with Crippen molar-refractivity contribution in [3.8, 4) is 11.5 Å². The average Bonchev–Trinajstić information content (AvgIpc) is 3.29. The molecule has 2 aliphatic rings. The van der Waals surface area contributed by atoms with Gasteiger partial charge in [-0.15, -0.1) is 0 Å². The van der Waals surface area contributed by atoms with Crippen LogP contribution in [0.5, 0.6) is 11.5 Å². The van der Waals surface area contributed by atoms with E-state index in [9.17, 15) is 4.79 Å². The lowest BCUT2D eigenvalue weighted by atomic mass is 10.1. The largest absolute Gasteiger partial charge is 0.486 e. The van der Waals surface area contributed by atoms with E-state index >= 15 is 0 Å². The number of hydrogen-bond donors (Lipinski definition) is 1. The van der Waals surface area contributed by atoms with Crippen LogP contribution in [0.15, 0.2) is 30.6 Å². The molecule has 0 spiro atoms. The van der Waals surface area contributed by atoms with Gasteiger partial charge in [-0.05, 0) is 18.2 Å². The zero-order chi connectivity index (χ0) is 16.5. The Morgan fingerprint density at radius 2 is 2.17 bits per heavy atom. The van der Waals surface area contributed by atoms with Crippen LogP contribution in [-0.4, -0.2) is 53.7 Å². The van der Waals surface area contributed by atoms with Crippen LogP contribution in [0.25, 0.3) is 0 Å². The lowest BCUT2D eigenvalue weighted by Crippen LogP contribution is -2.32. The summed E-state index contributed by atoms with van der Waals surface area (Å²) in [5.41, 5.74) is 0.576. The third kappa shape index (κ3) is 2.60. The molecule has 7 heteroatoms. The fraction of sp³-hybridized carbons (Fsp3) is 0.412. The molecule has 126 valence electrons. The molecule has 1 saturated heterocycles. The predicted molar refractivity (Wildman–Crippen MR) is 85.2 cm³/mol. The number of methoxy groups -OCH3 is 1. The van der Waals surface area contributed by atoms with Crippen molar-refractivity contribution in [3.63, 3.8) is 0 Å². The monoisotopic (exact) mass is 329 g/mol. The fourth-order valence-corrected chi connectivity index (χ4v) is 3.25. The summed E-state index contributed by atoms with van der Waals surface area (Å²) in [6.07, 6.45) is 4.19. The number of likely N-dealkylation sites (tertiary alicyclic amines) is 1. The minimum Gasteiger partial charge on any atom is -0.486 e. The maximum atomic E-state index is 13.0. The van der Waals surface area contributed by atoms with Gasteiger partial charge in [-0.1, -0.05) is 0 Å². The van der Waals surface area contributed by atoms with Gasteiger partial charge in [-0.3, -0.25) is 4.79 Å². The van der Waals surface area contributed by atoms with Crippen LogP contribution in [0.3, 0.4) is 0 Å². The summed E-state index contributed by atoms with van der Waals surface area (Å²) in [6.45, 7) is 1.56. The van der Waals surface area contributed by atoms with Crippen LogP contribution >= 0.6 is 0 Å². The molecule has 0 aliphatic carbocycles. The van der Waals surface area contributed by atoms with Crippen molar-refractivity contribution in [2.45, 2.75) is 18.6 Å². The molecule has 2 aliphatic heterocycles. The second kappa shape index (κ2) is 6.16. The lowest BCUT2D eigenvalue weighted by molar-refractivity contribution is 0.0683. The lowest BCUT2D eigenvalue weighted by Gasteiger charge is -2.24. The molecule has 1 N–H and O–H groups in total. The molecule has 1 aromatic heterocycles. The van der Waals surface area contributed by atoms with Gasteiger partial charge in [0.25, 0.3) is 5.91 Å². The van der Waals surface area contributed by atoms with Gasteiger partial charge in [0.15, 0.2) is 11.5 Å². The number of carbonyl (C=O) groups is 1. The second-order valence-electron chi connectivity index (χ2n) is 5.90. The number of amides is 1. The summed E-state index contributed by atoms with van der Waals surface area (Å²) in [5, 5.41) is 0. The Bertz CT molecular complexity index is 731. The van der Waals surface area contributed by atoms with Crippen molar-refractivity contribution in [2.75, 3.05) is 26.9 Å². The van der Waals surface area contributed by atoms with E-state index in [1.54, 1.807) is 42.6 Å². The first kappa shape index (κ1) is 15.0. The van der Waals surface area contributed by atoms with E-state index in [2.05, 4.69) is 9.97 Å². The maximum absolute atomic E-state index is 13.0. The number of aromatic nitrogens is 2. The molecule has 4 rings (SSSR count). The summed E-state index contributed by atoms with van der Waals surface area (Å²) in [4.78, 5) is 22.3. The molecule has 1 fully saturated rings. The number of ether oxygens (including phenoxy) is 3. The highest BCUT2D eigenvalue weighted by molar-refractivity contribution is 5.95. The highest BCUT2D eigenvalue weighted by Gasteiger charge is 2.38. The summed E-state index contributed by atoms with van der Waals surface area (Å²) in [5.74, 6) is 2.01. The van der Waals surface area contributed by atoms with Crippen molar-refractivity contribution in [2.24, 2.45) is 0 Å². The Balaban J connectivity index is 1.62. The van der Waals surface area contributed by atoms with Crippen molar-refractivity contribution in [1.82, 2.24) is 14.9 Å². The zero-order valence-corrected chi connectivity index (χ0v) is 13.4. The van der Waals surface area contributed by atoms with Gasteiger partial charge in [-0.2, -0.15) is 0 Å². The van der Waals surface area contributed by atoms with Crippen LogP contribution in [0.1, 0.15) is 28.6 Å². The SMILES string of the molecule is CO[C@@H]1CC(c2ncc[nH]2)N(C(=O)c2ccc3c(c2)OCCO3)C1. The van der Waals surface area contributed by atoms with Crippen LogP contribution in [0, 0.1) is 0 Å². The molecule has 2 atom stereocenters. The third-order valence-corrected chi connectivity index (χ3v) is 4.48. The summed E-state index contributed by atoms with van der Waals surface area (Å²) < 4.78 is 16.6. The minimum atomic E-state index is -0.120. The molecule has 2 aromatic rings. The van der Waals surface area contributed by atoms with Gasteiger partial charge in [0.05, 0.1) is 12.1 Å². The highest BCUT2D eigenvalue weighted by Crippen LogP contribution is 2.35. The van der Waals surface area contributed by atoms with E-state index < -0.39 is 0 Å². The maximum Gasteiger partial charge on any atom is 0.254 e. The first-order valence-electron chi connectivity index (χ1n) is 7.99. The number of nitrogens with one attached hydrogen (secondary N) is 1. The van der Waals surface area contributed by atoms with E-state index in [1.807, 2.05) is 0 Å². The Morgan fingerprint density at radius 1 is 1.33 bits per heavy atom. The van der Waals surface area contributed by atoms with Gasteiger partial charge in [0.1, 0.15) is 19.0 Å². The first-order chi connectivity index (χ1) is 11.8. The number of H-pyrrole nitrogens is 1. The van der Waals surface area contributed by atoms with Gasteiger partial charge in [0.2, 0.25) is 0 Å². The van der Waals surface area contributed by atoms with Gasteiger partial charge < -0.3 is 24.1 Å². The number of imidazole rings is 1. The quantitative estimate of drug-likeness (QED) is 0.929. The number of rotatable bonds is 3. The number of aromatic amines is 1. The van der Waals surface area contributed by atoms with Crippen LogP contribution in [0.2, 0.25) is 0 Å². The Kier molecular flexibility index (Phi) is 3.86. The van der Waals surface area contributed by atoms with Crippen LogP contribution in [0.4, 0.5) is 0 Å². The van der Waals surface area contributed by atoms with Crippen LogP contribution in [-0.2, 0) is 4.74 Å². The number of hydrogen-bond acceptors (Lipinski definition) is 5. The minimum absolute atomic E-state index is 0.00117. The van der Waals surface area contributed by atoms with Crippen molar-refractivity contribution in [3.05, 3.63) is 42.0 Å². The molecular formula is C17H19N3O4. The standard InChI is InChI=1S/C17H19N3O4/c1-22-12-9-13(16-18-4-5-19-16)20(10-12)17(21)11-2-3-14-15(8-11)24-7-6-23-14/h2-5,8,12-13H,6-7,9-10H2,1H3,(H,18,19)/t12-,13?/m1/s1. The van der Waals surface area contributed by atoms with Crippen molar-refractivity contribution >= 4 is 5.91 Å². The molecule has 0 saturated carbocycles. The summed E-state index contributed by atoms with van der Waals surface area (Å²) >= 11 is 0. The molecule has 3 heterocycles. The first-order valence-corrected chi connectivity index (χ1v) is 7.99.